The summed E-state index contributed by atoms with van der Waals surface area (Å²) >= 11 is 0. The van der Waals surface area contributed by atoms with E-state index >= 15 is 0 Å². The van der Waals surface area contributed by atoms with E-state index in [4.69, 9.17) is 4.74 Å². The van der Waals surface area contributed by atoms with E-state index in [1.807, 2.05) is 58.0 Å². The molecule has 0 aliphatic heterocycles. The van der Waals surface area contributed by atoms with Crippen LogP contribution in [-0.2, 0) is 26.9 Å². The quantitative estimate of drug-likeness (QED) is 0.784. The molecule has 0 spiro atoms. The molecule has 124 valence electrons. The molecule has 0 heterocycles. The molecule has 0 radical (unpaired) electrons. The molecule has 3 atom stereocenters. The van der Waals surface area contributed by atoms with Gasteiger partial charge in [0.05, 0.1) is 28.8 Å². The summed E-state index contributed by atoms with van der Waals surface area (Å²) in [5.74, 6) is -0.627. The second-order valence-corrected chi connectivity index (χ2v) is 8.33. The van der Waals surface area contributed by atoms with Crippen molar-refractivity contribution in [2.24, 2.45) is 5.92 Å². The molecule has 4 nitrogen and oxygen atoms in total. The molecule has 1 N–H and O–H groups in total. The number of nitrogens with one attached hydrogen (secondary N) is 1. The van der Waals surface area contributed by atoms with Crippen LogP contribution in [0.15, 0.2) is 30.3 Å². The lowest BCUT2D eigenvalue weighted by molar-refractivity contribution is -0.146. The normalized spacial score (nSPS) is 15.9. The largest absolute Gasteiger partial charge is 0.469 e. The number of methoxy groups -OCH3 is 1. The fourth-order valence-corrected chi connectivity index (χ4v) is 3.13. The average molecular weight is 325 g/mol. The second kappa shape index (κ2) is 8.44. The first-order valence-corrected chi connectivity index (χ1v) is 8.74. The third-order valence-electron chi connectivity index (χ3n) is 3.54. The van der Waals surface area contributed by atoms with Crippen molar-refractivity contribution in [1.29, 1.82) is 0 Å². The van der Waals surface area contributed by atoms with E-state index in [2.05, 4.69) is 4.72 Å². The minimum absolute atomic E-state index is 0.187. The Morgan fingerprint density at radius 3 is 2.32 bits per heavy atom. The van der Waals surface area contributed by atoms with Crippen LogP contribution in [0.25, 0.3) is 0 Å². The van der Waals surface area contributed by atoms with E-state index in [1.165, 1.54) is 7.11 Å². The van der Waals surface area contributed by atoms with Gasteiger partial charge in [-0.2, -0.15) is 0 Å². The number of carbonyl (C=O) groups excluding carboxylic acids is 1. The van der Waals surface area contributed by atoms with Crippen LogP contribution >= 0.6 is 0 Å². The first-order valence-electron chi connectivity index (χ1n) is 7.59. The molecule has 1 aromatic carbocycles. The van der Waals surface area contributed by atoms with Gasteiger partial charge in [-0.1, -0.05) is 37.3 Å². The van der Waals surface area contributed by atoms with Crippen LogP contribution < -0.4 is 4.72 Å². The number of esters is 1. The highest BCUT2D eigenvalue weighted by Gasteiger charge is 2.31. The Morgan fingerprint density at radius 2 is 1.86 bits per heavy atom. The van der Waals surface area contributed by atoms with Gasteiger partial charge in [0.2, 0.25) is 0 Å². The molecule has 1 rings (SSSR count). The van der Waals surface area contributed by atoms with Crippen molar-refractivity contribution in [3.8, 4) is 0 Å². The monoisotopic (exact) mass is 325 g/mol. The highest BCUT2D eigenvalue weighted by molar-refractivity contribution is 7.84. The molecule has 0 saturated heterocycles. The third-order valence-corrected chi connectivity index (χ3v) is 5.17. The Hall–Kier alpha value is -1.20. The summed E-state index contributed by atoms with van der Waals surface area (Å²) < 4.78 is 20.0. The van der Waals surface area contributed by atoms with E-state index in [1.54, 1.807) is 0 Å². The molecule has 0 unspecified atom stereocenters. The lowest BCUT2D eigenvalue weighted by atomic mass is 9.91. The molecule has 5 heteroatoms. The second-order valence-electron chi connectivity index (χ2n) is 6.33. The molecule has 0 fully saturated rings. The highest BCUT2D eigenvalue weighted by Crippen LogP contribution is 2.19. The summed E-state index contributed by atoms with van der Waals surface area (Å²) in [5, 5.41) is 0. The van der Waals surface area contributed by atoms with Gasteiger partial charge >= 0.3 is 5.97 Å². The number of carbonyl (C=O) groups is 1. The van der Waals surface area contributed by atoms with E-state index in [9.17, 15) is 9.00 Å². The predicted octanol–water partition coefficient (Wildman–Crippen LogP) is 2.85. The molecule has 0 bridgehead atoms. The Labute approximate surface area is 136 Å². The molecule has 0 aliphatic rings. The van der Waals surface area contributed by atoms with Crippen LogP contribution in [0.3, 0.4) is 0 Å². The van der Waals surface area contributed by atoms with E-state index in [0.717, 1.165) is 5.56 Å². The predicted molar refractivity (Wildman–Crippen MR) is 90.8 cm³/mol. The number of hydrogen-bond acceptors (Lipinski definition) is 3. The van der Waals surface area contributed by atoms with Gasteiger partial charge in [-0.25, -0.2) is 8.93 Å². The van der Waals surface area contributed by atoms with E-state index < -0.39 is 11.0 Å². The molecule has 0 saturated carbocycles. The first kappa shape index (κ1) is 18.8. The van der Waals surface area contributed by atoms with Gasteiger partial charge in [0, 0.05) is 6.04 Å². The summed E-state index contributed by atoms with van der Waals surface area (Å²) in [6, 6.07) is 9.64. The van der Waals surface area contributed by atoms with Crippen LogP contribution in [0.2, 0.25) is 0 Å². The Balaban J connectivity index is 2.93. The third kappa shape index (κ3) is 5.54. The molecule has 0 aliphatic carbocycles. The molecular formula is C17H27NO3S. The summed E-state index contributed by atoms with van der Waals surface area (Å²) in [5.41, 5.74) is 1.07. The number of benzene rings is 1. The van der Waals surface area contributed by atoms with Crippen LogP contribution in [0, 0.1) is 5.92 Å². The zero-order valence-electron chi connectivity index (χ0n) is 14.1. The molecule has 0 amide bonds. The summed E-state index contributed by atoms with van der Waals surface area (Å²) in [7, 11) is 0.174. The van der Waals surface area contributed by atoms with Gasteiger partial charge in [0.25, 0.3) is 0 Å². The van der Waals surface area contributed by atoms with Gasteiger partial charge in [-0.3, -0.25) is 4.79 Å². The van der Waals surface area contributed by atoms with Crippen molar-refractivity contribution in [2.45, 2.75) is 51.3 Å². The van der Waals surface area contributed by atoms with Gasteiger partial charge in [-0.05, 0) is 39.2 Å². The number of rotatable bonds is 7. The standard InChI is InChI=1S/C17H27NO3S/c1-6-15(18-22(20)17(2,3)4)14(16(19)21-5)12-13-10-8-7-9-11-13/h7-11,14-15,18H,6,12H2,1-5H3/t14-,15+,22+/m0/s1. The van der Waals surface area contributed by atoms with Crippen molar-refractivity contribution in [1.82, 2.24) is 4.72 Å². The molecule has 0 aromatic heterocycles. The maximum atomic E-state index is 12.3. The zero-order valence-corrected chi connectivity index (χ0v) is 14.9. The number of hydrogen-bond donors (Lipinski definition) is 1. The zero-order chi connectivity index (χ0) is 16.8. The molecule has 22 heavy (non-hydrogen) atoms. The van der Waals surface area contributed by atoms with Crippen LogP contribution in [-0.4, -0.2) is 28.1 Å². The van der Waals surface area contributed by atoms with Gasteiger partial charge in [0.15, 0.2) is 0 Å². The highest BCUT2D eigenvalue weighted by atomic mass is 32.2. The summed E-state index contributed by atoms with van der Waals surface area (Å²) in [6.45, 7) is 7.71. The maximum Gasteiger partial charge on any atom is 0.310 e. The van der Waals surface area contributed by atoms with Crippen LogP contribution in [0.1, 0.15) is 39.7 Å². The summed E-state index contributed by atoms with van der Waals surface area (Å²) in [4.78, 5) is 12.2. The Bertz CT molecular complexity index is 496. The van der Waals surface area contributed by atoms with E-state index in [-0.39, 0.29) is 22.7 Å². The van der Waals surface area contributed by atoms with Crippen LogP contribution in [0.4, 0.5) is 0 Å². The maximum absolute atomic E-state index is 12.3. The first-order chi connectivity index (χ1) is 10.3. The lowest BCUT2D eigenvalue weighted by Gasteiger charge is -2.28. The van der Waals surface area contributed by atoms with Crippen molar-refractivity contribution in [3.63, 3.8) is 0 Å². The van der Waals surface area contributed by atoms with Crippen molar-refractivity contribution in [2.75, 3.05) is 7.11 Å². The molecule has 1 aromatic rings. The fraction of sp³-hybridized carbons (Fsp3) is 0.588. The van der Waals surface area contributed by atoms with Crippen molar-refractivity contribution in [3.05, 3.63) is 35.9 Å². The molecular weight excluding hydrogens is 298 g/mol. The van der Waals surface area contributed by atoms with E-state index in [0.29, 0.717) is 12.8 Å². The average Bonchev–Trinajstić information content (AvgIpc) is 2.49. The van der Waals surface area contributed by atoms with Gasteiger partial charge in [0.1, 0.15) is 0 Å². The lowest BCUT2D eigenvalue weighted by Crippen LogP contribution is -2.46. The van der Waals surface area contributed by atoms with Crippen molar-refractivity contribution >= 4 is 17.0 Å². The minimum atomic E-state index is -1.22. The number of ether oxygens (including phenoxy) is 1. The SMILES string of the molecule is CC[C@@H](N[S@](=O)C(C)(C)C)[C@H](Cc1ccccc1)C(=O)OC. The summed E-state index contributed by atoms with van der Waals surface area (Å²) in [6.07, 6.45) is 1.27. The van der Waals surface area contributed by atoms with Crippen LogP contribution in [0.5, 0.6) is 0 Å². The topological polar surface area (TPSA) is 55.4 Å². The smallest absolute Gasteiger partial charge is 0.310 e. The van der Waals surface area contributed by atoms with Gasteiger partial charge < -0.3 is 4.74 Å². The Kier molecular flexibility index (Phi) is 7.23. The fourth-order valence-electron chi connectivity index (χ4n) is 2.17. The van der Waals surface area contributed by atoms with Gasteiger partial charge in [-0.15, -0.1) is 0 Å². The minimum Gasteiger partial charge on any atom is -0.469 e. The Morgan fingerprint density at radius 1 is 1.27 bits per heavy atom. The van der Waals surface area contributed by atoms with Crippen molar-refractivity contribution < 1.29 is 13.7 Å².